The lowest BCUT2D eigenvalue weighted by Crippen LogP contribution is -2.23. The molecule has 1 fully saturated rings. The third kappa shape index (κ3) is 3.52. The number of halogens is 1. The van der Waals surface area contributed by atoms with Gasteiger partial charge in [-0.25, -0.2) is 9.97 Å². The van der Waals surface area contributed by atoms with E-state index in [4.69, 9.17) is 9.97 Å². The Morgan fingerprint density at radius 1 is 1.29 bits per heavy atom. The molecule has 21 heavy (non-hydrogen) atoms. The van der Waals surface area contributed by atoms with Gasteiger partial charge in [0.2, 0.25) is 0 Å². The summed E-state index contributed by atoms with van der Waals surface area (Å²) in [7, 11) is 0. The van der Waals surface area contributed by atoms with Crippen molar-refractivity contribution in [3.63, 3.8) is 0 Å². The summed E-state index contributed by atoms with van der Waals surface area (Å²) in [5, 5.41) is 3.60. The molecule has 3 nitrogen and oxygen atoms in total. The van der Waals surface area contributed by atoms with Gasteiger partial charge in [0.25, 0.3) is 0 Å². The van der Waals surface area contributed by atoms with Crippen LogP contribution in [0.2, 0.25) is 0 Å². The topological polar surface area (TPSA) is 37.8 Å². The molecule has 0 aromatic carbocycles. The fourth-order valence-corrected chi connectivity index (χ4v) is 4.04. The van der Waals surface area contributed by atoms with Crippen LogP contribution < -0.4 is 5.32 Å². The molecule has 0 bridgehead atoms. The monoisotopic (exact) mass is 365 g/mol. The molecule has 5 heteroatoms. The second kappa shape index (κ2) is 6.15. The fraction of sp³-hybridized carbons (Fsp3) is 0.500. The number of aryl methyl sites for hydroxylation is 2. The number of thiophene rings is 1. The number of rotatable bonds is 5. The lowest BCUT2D eigenvalue weighted by Gasteiger charge is -2.17. The molecule has 1 N–H and O–H groups in total. The molecular weight excluding hydrogens is 346 g/mol. The third-order valence-electron chi connectivity index (χ3n) is 3.90. The van der Waals surface area contributed by atoms with E-state index in [-0.39, 0.29) is 0 Å². The summed E-state index contributed by atoms with van der Waals surface area (Å²) in [5.74, 6) is 1.29. The van der Waals surface area contributed by atoms with Crippen molar-refractivity contribution in [2.75, 3.05) is 6.54 Å². The highest BCUT2D eigenvalue weighted by Gasteiger charge is 2.23. The molecule has 2 aromatic heterocycles. The number of nitrogens with zero attached hydrogens (tertiary/aromatic N) is 2. The summed E-state index contributed by atoms with van der Waals surface area (Å²) < 4.78 is 1.11. The first-order chi connectivity index (χ1) is 10.0. The average molecular weight is 366 g/mol. The van der Waals surface area contributed by atoms with Crippen LogP contribution in [0.5, 0.6) is 0 Å². The molecule has 0 saturated heterocycles. The van der Waals surface area contributed by atoms with Crippen LogP contribution in [-0.4, -0.2) is 22.6 Å². The van der Waals surface area contributed by atoms with Crippen molar-refractivity contribution in [1.82, 2.24) is 15.3 Å². The molecule has 1 aliphatic carbocycles. The molecule has 0 radical (unpaired) electrons. The zero-order chi connectivity index (χ0) is 15.0. The Hall–Kier alpha value is -0.780. The number of hydrogen-bond donors (Lipinski definition) is 1. The Bertz CT molecular complexity index is 626. The van der Waals surface area contributed by atoms with Gasteiger partial charge in [-0.1, -0.05) is 6.92 Å². The Morgan fingerprint density at radius 3 is 2.48 bits per heavy atom. The molecule has 1 atom stereocenters. The van der Waals surface area contributed by atoms with Crippen LogP contribution in [0.4, 0.5) is 0 Å². The van der Waals surface area contributed by atoms with Gasteiger partial charge < -0.3 is 5.32 Å². The molecule has 1 aliphatic rings. The highest BCUT2D eigenvalue weighted by molar-refractivity contribution is 9.11. The number of hydrogen-bond acceptors (Lipinski definition) is 4. The van der Waals surface area contributed by atoms with Gasteiger partial charge in [-0.05, 0) is 66.2 Å². The van der Waals surface area contributed by atoms with E-state index in [1.54, 1.807) is 11.3 Å². The largest absolute Gasteiger partial charge is 0.313 e. The summed E-state index contributed by atoms with van der Waals surface area (Å²) in [5.41, 5.74) is 3.50. The van der Waals surface area contributed by atoms with Gasteiger partial charge in [0.05, 0.1) is 8.66 Å². The van der Waals surface area contributed by atoms with E-state index in [1.165, 1.54) is 18.4 Å². The maximum absolute atomic E-state index is 4.73. The van der Waals surface area contributed by atoms with Gasteiger partial charge in [0, 0.05) is 24.0 Å². The molecule has 1 saturated carbocycles. The first kappa shape index (κ1) is 15.1. The van der Waals surface area contributed by atoms with E-state index in [1.807, 2.05) is 6.07 Å². The van der Waals surface area contributed by atoms with Crippen LogP contribution in [0.3, 0.4) is 0 Å². The van der Waals surface area contributed by atoms with Crippen molar-refractivity contribution in [3.8, 4) is 10.7 Å². The van der Waals surface area contributed by atoms with E-state index in [2.05, 4.69) is 48.1 Å². The van der Waals surface area contributed by atoms with Crippen LogP contribution in [0.15, 0.2) is 15.9 Å². The van der Waals surface area contributed by atoms with Crippen LogP contribution in [-0.2, 0) is 0 Å². The smallest absolute Gasteiger partial charge is 0.169 e. The van der Waals surface area contributed by atoms with Crippen LogP contribution in [0.1, 0.15) is 42.6 Å². The molecule has 1 unspecified atom stereocenters. The second-order valence-electron chi connectivity index (χ2n) is 5.82. The van der Waals surface area contributed by atoms with Crippen LogP contribution in [0.25, 0.3) is 10.7 Å². The molecule has 3 rings (SSSR count). The zero-order valence-corrected chi connectivity index (χ0v) is 15.0. The molecule has 112 valence electrons. The van der Waals surface area contributed by atoms with E-state index in [0.29, 0.717) is 5.92 Å². The number of aromatic nitrogens is 2. The molecular formula is C16H20BrN3S. The minimum atomic E-state index is 0.453. The maximum atomic E-state index is 4.73. The standard InChI is InChI=1S/C16H20BrN3S/c1-9(8-18-12-4-5-12)15-10(2)19-16(20-11(15)3)13-6-7-14(17)21-13/h6-7,9,12,18H,4-5,8H2,1-3H3. The maximum Gasteiger partial charge on any atom is 0.169 e. The number of nitrogens with one attached hydrogen (secondary N) is 1. The molecule has 2 aromatic rings. The van der Waals surface area contributed by atoms with E-state index < -0.39 is 0 Å². The summed E-state index contributed by atoms with van der Waals surface area (Å²) in [6.07, 6.45) is 2.65. The normalized spacial score (nSPS) is 16.2. The van der Waals surface area contributed by atoms with Crippen molar-refractivity contribution in [2.24, 2.45) is 0 Å². The van der Waals surface area contributed by atoms with Gasteiger partial charge >= 0.3 is 0 Å². The van der Waals surface area contributed by atoms with Gasteiger partial charge in [0.1, 0.15) is 0 Å². The highest BCUT2D eigenvalue weighted by Crippen LogP contribution is 2.31. The van der Waals surface area contributed by atoms with Crippen molar-refractivity contribution < 1.29 is 0 Å². The van der Waals surface area contributed by atoms with E-state index in [0.717, 1.165) is 38.5 Å². The quantitative estimate of drug-likeness (QED) is 0.850. The summed E-state index contributed by atoms with van der Waals surface area (Å²) >= 11 is 5.17. The predicted molar refractivity (Wildman–Crippen MR) is 92.0 cm³/mol. The first-order valence-corrected chi connectivity index (χ1v) is 8.99. The van der Waals surface area contributed by atoms with Crippen molar-refractivity contribution in [3.05, 3.63) is 32.9 Å². The van der Waals surface area contributed by atoms with Gasteiger partial charge in [-0.15, -0.1) is 11.3 Å². The van der Waals surface area contributed by atoms with Crippen LogP contribution in [0, 0.1) is 13.8 Å². The van der Waals surface area contributed by atoms with Crippen molar-refractivity contribution >= 4 is 27.3 Å². The molecule has 0 spiro atoms. The summed E-state index contributed by atoms with van der Waals surface area (Å²) in [6.45, 7) is 7.47. The van der Waals surface area contributed by atoms with Crippen LogP contribution >= 0.6 is 27.3 Å². The predicted octanol–water partition coefficient (Wildman–Crippen LogP) is 4.44. The van der Waals surface area contributed by atoms with Gasteiger partial charge in [-0.3, -0.25) is 0 Å². The second-order valence-corrected chi connectivity index (χ2v) is 8.28. The van der Waals surface area contributed by atoms with Crippen molar-refractivity contribution in [1.29, 1.82) is 0 Å². The lowest BCUT2D eigenvalue weighted by molar-refractivity contribution is 0.603. The molecule has 0 aliphatic heterocycles. The van der Waals surface area contributed by atoms with Crippen molar-refractivity contribution in [2.45, 2.75) is 45.6 Å². The van der Waals surface area contributed by atoms with Gasteiger partial charge in [0.15, 0.2) is 5.82 Å². The van der Waals surface area contributed by atoms with E-state index in [9.17, 15) is 0 Å². The average Bonchev–Trinajstić information content (AvgIpc) is 3.16. The first-order valence-electron chi connectivity index (χ1n) is 7.39. The Balaban J connectivity index is 1.84. The summed E-state index contributed by atoms with van der Waals surface area (Å²) in [4.78, 5) is 10.6. The molecule has 2 heterocycles. The minimum absolute atomic E-state index is 0.453. The van der Waals surface area contributed by atoms with Gasteiger partial charge in [-0.2, -0.15) is 0 Å². The Morgan fingerprint density at radius 2 is 1.95 bits per heavy atom. The summed E-state index contributed by atoms with van der Waals surface area (Å²) in [6, 6.07) is 4.86. The third-order valence-corrected chi connectivity index (χ3v) is 5.52. The highest BCUT2D eigenvalue weighted by atomic mass is 79.9. The SMILES string of the molecule is Cc1nc(-c2ccc(Br)s2)nc(C)c1C(C)CNC1CC1. The minimum Gasteiger partial charge on any atom is -0.313 e. The Labute approximate surface area is 138 Å². The molecule has 0 amide bonds. The Kier molecular flexibility index (Phi) is 4.43. The lowest BCUT2D eigenvalue weighted by atomic mass is 9.98. The van der Waals surface area contributed by atoms with E-state index >= 15 is 0 Å². The fourth-order valence-electron chi connectivity index (χ4n) is 2.72. The zero-order valence-electron chi connectivity index (χ0n) is 12.6.